The normalized spacial score (nSPS) is 20.1. The van der Waals surface area contributed by atoms with Gasteiger partial charge in [-0.15, -0.1) is 0 Å². The van der Waals surface area contributed by atoms with Crippen molar-refractivity contribution < 1.29 is 5.11 Å². The van der Waals surface area contributed by atoms with Crippen LogP contribution in [0.25, 0.3) is 11.1 Å². The molecule has 1 saturated carbocycles. The summed E-state index contributed by atoms with van der Waals surface area (Å²) < 4.78 is 1.68. The fraction of sp³-hybridized carbons (Fsp3) is 0.476. The summed E-state index contributed by atoms with van der Waals surface area (Å²) in [5.74, 6) is 0. The highest BCUT2D eigenvalue weighted by Gasteiger charge is 2.19. The van der Waals surface area contributed by atoms with Crippen molar-refractivity contribution in [1.82, 2.24) is 4.57 Å². The third-order valence-corrected chi connectivity index (χ3v) is 5.49. The van der Waals surface area contributed by atoms with E-state index in [4.69, 9.17) is 11.6 Å². The number of aliphatic hydroxyl groups excluding tert-OH is 1. The molecule has 1 aromatic carbocycles. The molecule has 1 aliphatic rings. The number of aromatic nitrogens is 1. The Labute approximate surface area is 159 Å². The van der Waals surface area contributed by atoms with E-state index in [0.717, 1.165) is 55.3 Å². The van der Waals surface area contributed by atoms with Crippen molar-refractivity contribution in [2.75, 3.05) is 5.32 Å². The topological polar surface area (TPSA) is 54.3 Å². The number of hydrogen-bond donors (Lipinski definition) is 2. The van der Waals surface area contributed by atoms with Gasteiger partial charge >= 0.3 is 0 Å². The van der Waals surface area contributed by atoms with Gasteiger partial charge in [-0.3, -0.25) is 4.79 Å². The number of anilines is 1. The molecule has 0 bridgehead atoms. The molecular weight excluding hydrogens is 348 g/mol. The molecule has 1 fully saturated rings. The molecule has 26 heavy (non-hydrogen) atoms. The lowest BCUT2D eigenvalue weighted by atomic mass is 9.93. The molecule has 5 heteroatoms. The fourth-order valence-corrected chi connectivity index (χ4v) is 3.76. The van der Waals surface area contributed by atoms with Gasteiger partial charge in [-0.25, -0.2) is 0 Å². The predicted octanol–water partition coefficient (Wildman–Crippen LogP) is 4.68. The van der Waals surface area contributed by atoms with Crippen molar-refractivity contribution in [3.63, 3.8) is 0 Å². The summed E-state index contributed by atoms with van der Waals surface area (Å²) in [4.78, 5) is 12.4. The smallest absolute Gasteiger partial charge is 0.269 e. The lowest BCUT2D eigenvalue weighted by Gasteiger charge is -2.27. The summed E-state index contributed by atoms with van der Waals surface area (Å²) in [6.45, 7) is 2.81. The average Bonchev–Trinajstić information content (AvgIpc) is 2.66. The van der Waals surface area contributed by atoms with Crippen LogP contribution in [0.4, 0.5) is 5.69 Å². The maximum absolute atomic E-state index is 12.4. The van der Waals surface area contributed by atoms with Gasteiger partial charge in [0.2, 0.25) is 0 Å². The van der Waals surface area contributed by atoms with E-state index < -0.39 is 0 Å². The molecule has 0 radical (unpaired) electrons. The molecular formula is C21H27ClN2O2. The van der Waals surface area contributed by atoms with Crippen molar-refractivity contribution in [2.24, 2.45) is 0 Å². The van der Waals surface area contributed by atoms with Gasteiger partial charge in [-0.05, 0) is 55.9 Å². The fourth-order valence-electron chi connectivity index (χ4n) is 3.48. The van der Waals surface area contributed by atoms with Gasteiger partial charge in [-0.1, -0.05) is 37.1 Å². The molecule has 2 N–H and O–H groups in total. The van der Waals surface area contributed by atoms with E-state index >= 15 is 0 Å². The van der Waals surface area contributed by atoms with Gasteiger partial charge in [0.1, 0.15) is 5.02 Å². The zero-order valence-corrected chi connectivity index (χ0v) is 16.0. The average molecular weight is 375 g/mol. The first-order chi connectivity index (χ1) is 12.6. The molecule has 4 nitrogen and oxygen atoms in total. The Bertz CT molecular complexity index is 778. The van der Waals surface area contributed by atoms with Crippen LogP contribution in [-0.2, 0) is 6.54 Å². The van der Waals surface area contributed by atoms with Crippen molar-refractivity contribution in [2.45, 2.75) is 64.1 Å². The standard InChI is InChI=1S/C21H27ClN2O2/c1-2-3-13-24-14-12-19(20(22)21(24)26)15-4-6-16(7-5-15)23-17-8-10-18(25)11-9-17/h4-7,12,14,17-18,23,25H,2-3,8-11,13H2,1H3. The molecule has 0 saturated heterocycles. The number of rotatable bonds is 6. The zero-order chi connectivity index (χ0) is 18.5. The maximum atomic E-state index is 12.4. The Morgan fingerprint density at radius 1 is 1.15 bits per heavy atom. The summed E-state index contributed by atoms with van der Waals surface area (Å²) in [5.41, 5.74) is 2.65. The largest absolute Gasteiger partial charge is 0.393 e. The molecule has 3 rings (SSSR count). The first-order valence-corrected chi connectivity index (χ1v) is 9.90. The van der Waals surface area contributed by atoms with Crippen molar-refractivity contribution in [1.29, 1.82) is 0 Å². The molecule has 0 amide bonds. The quantitative estimate of drug-likeness (QED) is 0.771. The van der Waals surface area contributed by atoms with Crippen LogP contribution < -0.4 is 10.9 Å². The molecule has 1 aromatic heterocycles. The van der Waals surface area contributed by atoms with E-state index in [-0.39, 0.29) is 16.7 Å². The highest BCUT2D eigenvalue weighted by atomic mass is 35.5. The minimum Gasteiger partial charge on any atom is -0.393 e. The van der Waals surface area contributed by atoms with Crippen molar-refractivity contribution >= 4 is 17.3 Å². The predicted molar refractivity (Wildman–Crippen MR) is 108 cm³/mol. The van der Waals surface area contributed by atoms with Crippen LogP contribution in [0.2, 0.25) is 5.02 Å². The second kappa shape index (κ2) is 8.74. The SMILES string of the molecule is CCCCn1ccc(-c2ccc(NC3CCC(O)CC3)cc2)c(Cl)c1=O. The van der Waals surface area contributed by atoms with Gasteiger partial charge < -0.3 is 15.0 Å². The van der Waals surface area contributed by atoms with Crippen LogP contribution >= 0.6 is 11.6 Å². The second-order valence-electron chi connectivity index (χ2n) is 7.12. The van der Waals surface area contributed by atoms with Gasteiger partial charge in [-0.2, -0.15) is 0 Å². The van der Waals surface area contributed by atoms with Gasteiger partial charge in [0.15, 0.2) is 0 Å². The first kappa shape index (κ1) is 19.0. The summed E-state index contributed by atoms with van der Waals surface area (Å²) >= 11 is 6.35. The third kappa shape index (κ3) is 4.49. The lowest BCUT2D eigenvalue weighted by Crippen LogP contribution is -2.28. The third-order valence-electron chi connectivity index (χ3n) is 5.12. The number of halogens is 1. The number of aliphatic hydroxyl groups is 1. The Hall–Kier alpha value is -1.78. The van der Waals surface area contributed by atoms with Crippen LogP contribution in [0.3, 0.4) is 0 Å². The minimum absolute atomic E-state index is 0.124. The number of nitrogens with one attached hydrogen (secondary N) is 1. The molecule has 1 heterocycles. The molecule has 0 aliphatic heterocycles. The van der Waals surface area contributed by atoms with Crippen molar-refractivity contribution in [3.8, 4) is 11.1 Å². The Kier molecular flexibility index (Phi) is 6.38. The number of hydrogen-bond acceptors (Lipinski definition) is 3. The molecule has 0 spiro atoms. The van der Waals surface area contributed by atoms with E-state index in [1.807, 2.05) is 36.5 Å². The minimum atomic E-state index is -0.142. The lowest BCUT2D eigenvalue weighted by molar-refractivity contribution is 0.126. The van der Waals surface area contributed by atoms with Crippen LogP contribution in [0.1, 0.15) is 45.4 Å². The van der Waals surface area contributed by atoms with Crippen LogP contribution in [-0.4, -0.2) is 21.8 Å². The highest BCUT2D eigenvalue weighted by Crippen LogP contribution is 2.28. The van der Waals surface area contributed by atoms with Crippen LogP contribution in [0.5, 0.6) is 0 Å². The van der Waals surface area contributed by atoms with E-state index in [9.17, 15) is 9.90 Å². The van der Waals surface area contributed by atoms with Gasteiger partial charge in [0, 0.05) is 30.0 Å². The monoisotopic (exact) mass is 374 g/mol. The second-order valence-corrected chi connectivity index (χ2v) is 7.50. The van der Waals surface area contributed by atoms with Gasteiger partial charge in [0.25, 0.3) is 5.56 Å². The van der Waals surface area contributed by atoms with E-state index in [1.165, 1.54) is 0 Å². The number of pyridine rings is 1. The Balaban J connectivity index is 1.72. The van der Waals surface area contributed by atoms with Crippen LogP contribution in [0, 0.1) is 0 Å². The van der Waals surface area contributed by atoms with E-state index in [2.05, 4.69) is 12.2 Å². The molecule has 2 aromatic rings. The Morgan fingerprint density at radius 3 is 2.50 bits per heavy atom. The maximum Gasteiger partial charge on any atom is 0.269 e. The van der Waals surface area contributed by atoms with E-state index in [0.29, 0.717) is 12.6 Å². The summed E-state index contributed by atoms with van der Waals surface area (Å²) in [6, 6.07) is 10.4. The summed E-state index contributed by atoms with van der Waals surface area (Å²) in [5, 5.41) is 13.4. The zero-order valence-electron chi connectivity index (χ0n) is 15.2. The number of unbranched alkanes of at least 4 members (excludes halogenated alkanes) is 1. The van der Waals surface area contributed by atoms with E-state index in [1.54, 1.807) is 4.57 Å². The van der Waals surface area contributed by atoms with Gasteiger partial charge in [0.05, 0.1) is 6.10 Å². The molecule has 0 unspecified atom stereocenters. The molecule has 140 valence electrons. The summed E-state index contributed by atoms with van der Waals surface area (Å²) in [6.07, 6.45) is 7.40. The molecule has 1 aliphatic carbocycles. The van der Waals surface area contributed by atoms with Crippen LogP contribution in [0.15, 0.2) is 41.3 Å². The number of aryl methyl sites for hydroxylation is 1. The summed E-state index contributed by atoms with van der Waals surface area (Å²) in [7, 11) is 0. The highest BCUT2D eigenvalue weighted by molar-refractivity contribution is 6.33. The number of benzene rings is 1. The van der Waals surface area contributed by atoms with Crippen molar-refractivity contribution in [3.05, 3.63) is 51.9 Å². The first-order valence-electron chi connectivity index (χ1n) is 9.52. The molecule has 0 atom stereocenters. The number of nitrogens with zero attached hydrogens (tertiary/aromatic N) is 1. The Morgan fingerprint density at radius 2 is 1.85 bits per heavy atom.